The Morgan fingerprint density at radius 1 is 1.40 bits per heavy atom. The van der Waals surface area contributed by atoms with E-state index in [4.69, 9.17) is 11.6 Å². The molecule has 0 unspecified atom stereocenters. The quantitative estimate of drug-likeness (QED) is 0.747. The van der Waals surface area contributed by atoms with E-state index in [1.54, 1.807) is 0 Å². The van der Waals surface area contributed by atoms with Gasteiger partial charge in [-0.3, -0.25) is 4.79 Å². The van der Waals surface area contributed by atoms with Gasteiger partial charge in [0.2, 0.25) is 0 Å². The molecule has 7 heteroatoms. The van der Waals surface area contributed by atoms with Crippen molar-refractivity contribution >= 4 is 39.1 Å². The number of amides is 1. The summed E-state index contributed by atoms with van der Waals surface area (Å²) >= 11 is 7.62. The summed E-state index contributed by atoms with van der Waals surface area (Å²) in [7, 11) is 0. The van der Waals surface area contributed by atoms with Crippen molar-refractivity contribution in [1.29, 1.82) is 0 Å². The zero-order chi connectivity index (χ0) is 17.6. The first-order valence-corrected chi connectivity index (χ1v) is 9.51. The molecule has 1 atom stereocenters. The molecule has 2 aromatic heterocycles. The summed E-state index contributed by atoms with van der Waals surface area (Å²) in [5, 5.41) is 9.63. The molecule has 1 aliphatic rings. The minimum Gasteiger partial charge on any atom is -0.333 e. The Balaban J connectivity index is 1.75. The maximum absolute atomic E-state index is 12.9. The minimum atomic E-state index is 0.104. The smallest absolute Gasteiger partial charge is 0.264 e. The first-order chi connectivity index (χ1) is 12.0. The number of aryl methyl sites for hydroxylation is 1. The molecule has 1 saturated heterocycles. The fourth-order valence-electron chi connectivity index (χ4n) is 3.22. The first kappa shape index (κ1) is 16.6. The number of rotatable bonds is 2. The fourth-order valence-corrected chi connectivity index (χ4v) is 4.54. The van der Waals surface area contributed by atoms with Crippen molar-refractivity contribution in [3.63, 3.8) is 0 Å². The second kappa shape index (κ2) is 6.44. The van der Waals surface area contributed by atoms with E-state index in [1.807, 2.05) is 46.8 Å². The number of aromatic nitrogens is 2. The maximum Gasteiger partial charge on any atom is 0.264 e. The van der Waals surface area contributed by atoms with Gasteiger partial charge < -0.3 is 10.2 Å². The topological polar surface area (TPSA) is 50.2 Å². The second-order valence-electron chi connectivity index (χ2n) is 6.36. The zero-order valence-corrected chi connectivity index (χ0v) is 15.7. The molecular weight excluding hydrogens is 356 g/mol. The number of thiophene rings is 1. The van der Waals surface area contributed by atoms with E-state index in [2.05, 4.69) is 17.3 Å². The fraction of sp³-hybridized carbons (Fsp3) is 0.333. The third-order valence-corrected chi connectivity index (χ3v) is 5.90. The SMILES string of the molecule is Cc1nn(-c2cccc(Cl)c2)c2sc(C(=O)N3CCNC[C@@H]3C)cc12. The Labute approximate surface area is 155 Å². The monoisotopic (exact) mass is 374 g/mol. The van der Waals surface area contributed by atoms with Gasteiger partial charge in [0.1, 0.15) is 4.83 Å². The number of fused-ring (bicyclic) bond motifs is 1. The van der Waals surface area contributed by atoms with Crippen LogP contribution in [0.15, 0.2) is 30.3 Å². The zero-order valence-electron chi connectivity index (χ0n) is 14.1. The highest BCUT2D eigenvalue weighted by atomic mass is 35.5. The first-order valence-electron chi connectivity index (χ1n) is 8.31. The molecule has 4 rings (SSSR count). The number of benzene rings is 1. The molecule has 1 aliphatic heterocycles. The van der Waals surface area contributed by atoms with Crippen LogP contribution in [0.3, 0.4) is 0 Å². The number of halogens is 1. The van der Waals surface area contributed by atoms with Gasteiger partial charge in [-0.05, 0) is 38.1 Å². The van der Waals surface area contributed by atoms with Gasteiger partial charge in [0.25, 0.3) is 5.91 Å². The normalized spacial score (nSPS) is 18.0. The van der Waals surface area contributed by atoms with Gasteiger partial charge in [0.05, 0.1) is 16.3 Å². The molecule has 130 valence electrons. The van der Waals surface area contributed by atoms with Crippen LogP contribution in [0.4, 0.5) is 0 Å². The van der Waals surface area contributed by atoms with Crippen molar-refractivity contribution < 1.29 is 4.79 Å². The Bertz CT molecular complexity index is 948. The van der Waals surface area contributed by atoms with E-state index in [9.17, 15) is 4.79 Å². The largest absolute Gasteiger partial charge is 0.333 e. The molecule has 0 bridgehead atoms. The number of hydrogen-bond acceptors (Lipinski definition) is 4. The Morgan fingerprint density at radius 2 is 2.24 bits per heavy atom. The van der Waals surface area contributed by atoms with Crippen LogP contribution in [-0.4, -0.2) is 46.3 Å². The van der Waals surface area contributed by atoms with Crippen molar-refractivity contribution in [2.75, 3.05) is 19.6 Å². The summed E-state index contributed by atoms with van der Waals surface area (Å²) in [5.41, 5.74) is 1.82. The molecule has 1 aromatic carbocycles. The van der Waals surface area contributed by atoms with Crippen LogP contribution in [0.1, 0.15) is 22.3 Å². The molecular formula is C18H19ClN4OS. The average Bonchev–Trinajstić information content (AvgIpc) is 3.16. The summed E-state index contributed by atoms with van der Waals surface area (Å²) in [6.45, 7) is 6.48. The van der Waals surface area contributed by atoms with E-state index >= 15 is 0 Å². The van der Waals surface area contributed by atoms with Gasteiger partial charge in [-0.1, -0.05) is 17.7 Å². The number of piperazine rings is 1. The Hall–Kier alpha value is -1.89. The lowest BCUT2D eigenvalue weighted by molar-refractivity contribution is 0.0661. The standard InChI is InChI=1S/C18H19ClN4OS/c1-11-10-20-6-7-22(11)17(24)16-9-15-12(2)21-23(18(15)25-16)14-5-3-4-13(19)8-14/h3-5,8-9,11,20H,6-7,10H2,1-2H3/t11-/m0/s1. The summed E-state index contributed by atoms with van der Waals surface area (Å²) in [6, 6.07) is 9.78. The van der Waals surface area contributed by atoms with Gasteiger partial charge in [-0.25, -0.2) is 4.68 Å². The van der Waals surface area contributed by atoms with Crippen molar-refractivity contribution in [2.45, 2.75) is 19.9 Å². The number of nitrogens with zero attached hydrogens (tertiary/aromatic N) is 3. The maximum atomic E-state index is 12.9. The van der Waals surface area contributed by atoms with Crippen LogP contribution in [-0.2, 0) is 0 Å². The predicted molar refractivity (Wildman–Crippen MR) is 102 cm³/mol. The highest BCUT2D eigenvalue weighted by Gasteiger charge is 2.26. The lowest BCUT2D eigenvalue weighted by Gasteiger charge is -2.33. The third-order valence-electron chi connectivity index (χ3n) is 4.57. The van der Waals surface area contributed by atoms with Crippen LogP contribution in [0.25, 0.3) is 15.9 Å². The predicted octanol–water partition coefficient (Wildman–Crippen LogP) is 3.48. The van der Waals surface area contributed by atoms with Crippen LogP contribution in [0, 0.1) is 6.92 Å². The van der Waals surface area contributed by atoms with Gasteiger partial charge in [-0.2, -0.15) is 5.10 Å². The van der Waals surface area contributed by atoms with Crippen LogP contribution in [0.2, 0.25) is 5.02 Å². The molecule has 3 heterocycles. The molecule has 3 aromatic rings. The Morgan fingerprint density at radius 3 is 3.00 bits per heavy atom. The molecule has 0 radical (unpaired) electrons. The molecule has 0 spiro atoms. The summed E-state index contributed by atoms with van der Waals surface area (Å²) in [5.74, 6) is 0.104. The summed E-state index contributed by atoms with van der Waals surface area (Å²) < 4.78 is 1.87. The summed E-state index contributed by atoms with van der Waals surface area (Å²) in [6.07, 6.45) is 0. The van der Waals surface area contributed by atoms with Crippen molar-refractivity contribution in [1.82, 2.24) is 20.0 Å². The molecule has 0 aliphatic carbocycles. The van der Waals surface area contributed by atoms with Crippen LogP contribution >= 0.6 is 22.9 Å². The molecule has 25 heavy (non-hydrogen) atoms. The van der Waals surface area contributed by atoms with E-state index in [0.29, 0.717) is 5.02 Å². The Kier molecular flexibility index (Phi) is 4.27. The average molecular weight is 375 g/mol. The van der Waals surface area contributed by atoms with E-state index < -0.39 is 0 Å². The highest BCUT2D eigenvalue weighted by Crippen LogP contribution is 2.32. The van der Waals surface area contributed by atoms with E-state index in [1.165, 1.54) is 11.3 Å². The van der Waals surface area contributed by atoms with E-state index in [0.717, 1.165) is 46.1 Å². The van der Waals surface area contributed by atoms with Gasteiger partial charge in [0.15, 0.2) is 0 Å². The molecule has 1 N–H and O–H groups in total. The summed E-state index contributed by atoms with van der Waals surface area (Å²) in [4.78, 5) is 16.6. The van der Waals surface area contributed by atoms with Gasteiger partial charge in [0, 0.05) is 36.1 Å². The number of nitrogens with one attached hydrogen (secondary N) is 1. The van der Waals surface area contributed by atoms with E-state index in [-0.39, 0.29) is 11.9 Å². The van der Waals surface area contributed by atoms with Gasteiger partial charge in [-0.15, -0.1) is 11.3 Å². The molecule has 5 nitrogen and oxygen atoms in total. The van der Waals surface area contributed by atoms with Crippen molar-refractivity contribution in [2.24, 2.45) is 0 Å². The van der Waals surface area contributed by atoms with Gasteiger partial charge >= 0.3 is 0 Å². The minimum absolute atomic E-state index is 0.104. The number of hydrogen-bond donors (Lipinski definition) is 1. The molecule has 0 saturated carbocycles. The second-order valence-corrected chi connectivity index (χ2v) is 7.83. The van der Waals surface area contributed by atoms with Crippen molar-refractivity contribution in [3.05, 3.63) is 45.9 Å². The number of carbonyl (C=O) groups is 1. The lowest BCUT2D eigenvalue weighted by Crippen LogP contribution is -2.52. The number of carbonyl (C=O) groups excluding carboxylic acids is 1. The van der Waals surface area contributed by atoms with Crippen LogP contribution < -0.4 is 5.32 Å². The molecule has 1 amide bonds. The third kappa shape index (κ3) is 2.94. The van der Waals surface area contributed by atoms with Crippen molar-refractivity contribution in [3.8, 4) is 5.69 Å². The van der Waals surface area contributed by atoms with Crippen LogP contribution in [0.5, 0.6) is 0 Å². The lowest BCUT2D eigenvalue weighted by atomic mass is 10.2. The highest BCUT2D eigenvalue weighted by molar-refractivity contribution is 7.20. The molecule has 1 fully saturated rings.